The first-order chi connectivity index (χ1) is 10.6. The number of hydrogen-bond donors (Lipinski definition) is 2. The highest BCUT2D eigenvalue weighted by atomic mass is 35.5. The zero-order chi connectivity index (χ0) is 15.5. The Bertz CT molecular complexity index is 703. The number of para-hydroxylation sites is 1. The second-order valence-corrected chi connectivity index (χ2v) is 5.74. The highest BCUT2D eigenvalue weighted by Gasteiger charge is 2.21. The molecule has 1 heterocycles. The Morgan fingerprint density at radius 1 is 1.23 bits per heavy atom. The average Bonchev–Trinajstić information content (AvgIpc) is 2.52. The van der Waals surface area contributed by atoms with Gasteiger partial charge < -0.3 is 15.4 Å². The monoisotopic (exact) mass is 316 g/mol. The number of amides is 2. The molecule has 1 aliphatic rings. The maximum absolute atomic E-state index is 12.1. The number of halogens is 1. The van der Waals surface area contributed by atoms with Crippen molar-refractivity contribution in [3.05, 3.63) is 58.6 Å². The van der Waals surface area contributed by atoms with E-state index in [1.165, 1.54) is 0 Å². The summed E-state index contributed by atoms with van der Waals surface area (Å²) in [6.45, 7) is 2.34. The fourth-order valence-electron chi connectivity index (χ4n) is 2.51. The average molecular weight is 317 g/mol. The molecule has 1 unspecified atom stereocenters. The van der Waals surface area contributed by atoms with E-state index in [2.05, 4.69) is 10.6 Å². The van der Waals surface area contributed by atoms with E-state index in [1.54, 1.807) is 6.07 Å². The quantitative estimate of drug-likeness (QED) is 0.886. The Morgan fingerprint density at radius 3 is 2.91 bits per heavy atom. The highest BCUT2D eigenvalue weighted by Crippen LogP contribution is 2.25. The molecule has 0 saturated carbocycles. The maximum Gasteiger partial charge on any atom is 0.319 e. The minimum atomic E-state index is -0.252. The molecule has 114 valence electrons. The number of fused-ring (bicyclic) bond motifs is 1. The first kappa shape index (κ1) is 14.7. The Labute approximate surface area is 134 Å². The van der Waals surface area contributed by atoms with Crippen molar-refractivity contribution in [1.29, 1.82) is 0 Å². The summed E-state index contributed by atoms with van der Waals surface area (Å²) in [6.07, 6.45) is 0.762. The molecule has 2 N–H and O–H groups in total. The smallest absolute Gasteiger partial charge is 0.319 e. The van der Waals surface area contributed by atoms with Crippen LogP contribution in [-0.4, -0.2) is 18.7 Å². The van der Waals surface area contributed by atoms with Crippen LogP contribution in [0.15, 0.2) is 42.5 Å². The third kappa shape index (κ3) is 3.17. The Balaban J connectivity index is 1.62. The summed E-state index contributed by atoms with van der Waals surface area (Å²) in [5.41, 5.74) is 2.67. The predicted octanol–water partition coefficient (Wildman–Crippen LogP) is 3.77. The maximum atomic E-state index is 12.1. The van der Waals surface area contributed by atoms with E-state index in [1.807, 2.05) is 43.3 Å². The first-order valence-electron chi connectivity index (χ1n) is 7.17. The van der Waals surface area contributed by atoms with Gasteiger partial charge in [-0.05, 0) is 42.7 Å². The van der Waals surface area contributed by atoms with Crippen LogP contribution >= 0.6 is 11.6 Å². The molecule has 2 amide bonds. The van der Waals surface area contributed by atoms with Gasteiger partial charge in [-0.3, -0.25) is 0 Å². The molecule has 2 aromatic carbocycles. The SMILES string of the molecule is Cc1c(Cl)cccc1NC(=O)NC1COc2ccccc2C1. The summed E-state index contributed by atoms with van der Waals surface area (Å²) in [4.78, 5) is 12.1. The summed E-state index contributed by atoms with van der Waals surface area (Å²) in [5.74, 6) is 0.895. The third-order valence-electron chi connectivity index (χ3n) is 3.73. The summed E-state index contributed by atoms with van der Waals surface area (Å²) in [6, 6.07) is 13.0. The summed E-state index contributed by atoms with van der Waals surface area (Å²) in [7, 11) is 0. The van der Waals surface area contributed by atoms with Crippen molar-refractivity contribution in [2.24, 2.45) is 0 Å². The summed E-state index contributed by atoms with van der Waals surface area (Å²) < 4.78 is 5.67. The Kier molecular flexibility index (Phi) is 4.20. The van der Waals surface area contributed by atoms with Crippen LogP contribution in [0.5, 0.6) is 5.75 Å². The van der Waals surface area contributed by atoms with Gasteiger partial charge in [0, 0.05) is 10.7 Å². The normalized spacial score (nSPS) is 16.4. The van der Waals surface area contributed by atoms with Crippen LogP contribution in [0.25, 0.3) is 0 Å². The Morgan fingerprint density at radius 2 is 2.05 bits per heavy atom. The van der Waals surface area contributed by atoms with Gasteiger partial charge in [-0.2, -0.15) is 0 Å². The topological polar surface area (TPSA) is 50.4 Å². The lowest BCUT2D eigenvalue weighted by Crippen LogP contribution is -2.44. The van der Waals surface area contributed by atoms with Crippen LogP contribution in [0.3, 0.4) is 0 Å². The third-order valence-corrected chi connectivity index (χ3v) is 4.14. The van der Waals surface area contributed by atoms with Crippen molar-refractivity contribution in [3.63, 3.8) is 0 Å². The van der Waals surface area contributed by atoms with Gasteiger partial charge in [-0.25, -0.2) is 4.79 Å². The van der Waals surface area contributed by atoms with Gasteiger partial charge in [0.15, 0.2) is 0 Å². The van der Waals surface area contributed by atoms with Crippen molar-refractivity contribution in [3.8, 4) is 5.75 Å². The van der Waals surface area contributed by atoms with Crippen LogP contribution in [-0.2, 0) is 6.42 Å². The molecule has 3 rings (SSSR count). The molecule has 5 heteroatoms. The molecule has 0 bridgehead atoms. The molecule has 0 fully saturated rings. The van der Waals surface area contributed by atoms with E-state index < -0.39 is 0 Å². The zero-order valence-corrected chi connectivity index (χ0v) is 13.0. The van der Waals surface area contributed by atoms with Crippen LogP contribution in [0.2, 0.25) is 5.02 Å². The molecule has 22 heavy (non-hydrogen) atoms. The summed E-state index contributed by atoms with van der Waals surface area (Å²) >= 11 is 6.05. The molecule has 0 aromatic heterocycles. The lowest BCUT2D eigenvalue weighted by Gasteiger charge is -2.26. The largest absolute Gasteiger partial charge is 0.491 e. The van der Waals surface area contributed by atoms with Crippen LogP contribution in [0, 0.1) is 6.92 Å². The van der Waals surface area contributed by atoms with E-state index >= 15 is 0 Å². The lowest BCUT2D eigenvalue weighted by molar-refractivity contribution is 0.222. The molecule has 0 aliphatic carbocycles. The van der Waals surface area contributed by atoms with E-state index in [9.17, 15) is 4.79 Å². The number of ether oxygens (including phenoxy) is 1. The van der Waals surface area contributed by atoms with Gasteiger partial charge in [-0.1, -0.05) is 35.9 Å². The van der Waals surface area contributed by atoms with E-state index in [-0.39, 0.29) is 12.1 Å². The minimum Gasteiger partial charge on any atom is -0.491 e. The van der Waals surface area contributed by atoms with Gasteiger partial charge >= 0.3 is 6.03 Å². The first-order valence-corrected chi connectivity index (χ1v) is 7.54. The minimum absolute atomic E-state index is 0.0469. The van der Waals surface area contributed by atoms with Gasteiger partial charge in [0.05, 0.1) is 6.04 Å². The highest BCUT2D eigenvalue weighted by molar-refractivity contribution is 6.31. The Hall–Kier alpha value is -2.20. The van der Waals surface area contributed by atoms with Crippen LogP contribution < -0.4 is 15.4 Å². The molecule has 0 saturated heterocycles. The number of nitrogens with one attached hydrogen (secondary N) is 2. The fourth-order valence-corrected chi connectivity index (χ4v) is 2.68. The summed E-state index contributed by atoms with van der Waals surface area (Å²) in [5, 5.41) is 6.40. The number of benzene rings is 2. The second-order valence-electron chi connectivity index (χ2n) is 5.33. The number of carbonyl (C=O) groups is 1. The molecular formula is C17H17ClN2O2. The van der Waals surface area contributed by atoms with Crippen molar-refractivity contribution in [1.82, 2.24) is 5.32 Å². The van der Waals surface area contributed by atoms with Crippen LogP contribution in [0.1, 0.15) is 11.1 Å². The lowest BCUT2D eigenvalue weighted by atomic mass is 10.0. The molecule has 2 aromatic rings. The zero-order valence-electron chi connectivity index (χ0n) is 12.2. The van der Waals surface area contributed by atoms with Gasteiger partial charge in [0.1, 0.15) is 12.4 Å². The number of carbonyl (C=O) groups excluding carboxylic acids is 1. The molecule has 1 aliphatic heterocycles. The predicted molar refractivity (Wildman–Crippen MR) is 87.8 cm³/mol. The van der Waals surface area contributed by atoms with Crippen molar-refractivity contribution < 1.29 is 9.53 Å². The second kappa shape index (κ2) is 6.28. The molecule has 4 nitrogen and oxygen atoms in total. The number of hydrogen-bond acceptors (Lipinski definition) is 2. The van der Waals surface area contributed by atoms with E-state index in [4.69, 9.17) is 16.3 Å². The standard InChI is InChI=1S/C17H17ClN2O2/c1-11-14(18)6-4-7-15(11)20-17(21)19-13-9-12-5-2-3-8-16(12)22-10-13/h2-8,13H,9-10H2,1H3,(H2,19,20,21). The molecule has 1 atom stereocenters. The van der Waals surface area contributed by atoms with E-state index in [0.717, 1.165) is 23.3 Å². The molecule has 0 radical (unpaired) electrons. The van der Waals surface area contributed by atoms with Crippen molar-refractivity contribution in [2.45, 2.75) is 19.4 Å². The number of urea groups is 1. The van der Waals surface area contributed by atoms with Crippen LogP contribution in [0.4, 0.5) is 10.5 Å². The fraction of sp³-hybridized carbons (Fsp3) is 0.235. The van der Waals surface area contributed by atoms with E-state index in [0.29, 0.717) is 17.3 Å². The molecule has 0 spiro atoms. The van der Waals surface area contributed by atoms with Crippen molar-refractivity contribution in [2.75, 3.05) is 11.9 Å². The van der Waals surface area contributed by atoms with Gasteiger partial charge in [0.2, 0.25) is 0 Å². The molecular weight excluding hydrogens is 300 g/mol. The van der Waals surface area contributed by atoms with Crippen molar-refractivity contribution >= 4 is 23.3 Å². The van der Waals surface area contributed by atoms with Gasteiger partial charge in [0.25, 0.3) is 0 Å². The number of rotatable bonds is 2. The number of anilines is 1. The van der Waals surface area contributed by atoms with Gasteiger partial charge in [-0.15, -0.1) is 0 Å².